The summed E-state index contributed by atoms with van der Waals surface area (Å²) in [6.45, 7) is 4.08. The van der Waals surface area contributed by atoms with Gasteiger partial charge in [-0.2, -0.15) is 0 Å². The van der Waals surface area contributed by atoms with E-state index in [0.717, 1.165) is 17.5 Å². The third-order valence-corrected chi connectivity index (χ3v) is 4.37. The van der Waals surface area contributed by atoms with E-state index in [-0.39, 0.29) is 18.2 Å². The molecule has 0 bridgehead atoms. The number of rotatable bonds is 8. The highest BCUT2D eigenvalue weighted by Crippen LogP contribution is 2.05. The van der Waals surface area contributed by atoms with Crippen molar-refractivity contribution in [1.82, 2.24) is 10.0 Å². The normalized spacial score (nSPS) is 11.3. The first-order chi connectivity index (χ1) is 9.44. The van der Waals surface area contributed by atoms with Crippen molar-refractivity contribution >= 4 is 15.9 Å². The molecule has 0 aromatic heterocycles. The number of hydrogen-bond acceptors (Lipinski definition) is 3. The lowest BCUT2D eigenvalue weighted by Gasteiger charge is -2.09. The lowest BCUT2D eigenvalue weighted by atomic mass is 10.1. The molecule has 0 aliphatic rings. The van der Waals surface area contributed by atoms with Gasteiger partial charge in [0, 0.05) is 6.54 Å². The van der Waals surface area contributed by atoms with E-state index in [1.165, 1.54) is 0 Å². The zero-order valence-corrected chi connectivity index (χ0v) is 12.8. The maximum absolute atomic E-state index is 11.6. The minimum absolute atomic E-state index is 0.0641. The Hall–Kier alpha value is -1.40. The SMILES string of the molecule is CCCCS(=O)(=O)NCC(=O)NCc1ccccc1C. The van der Waals surface area contributed by atoms with Crippen LogP contribution < -0.4 is 10.0 Å². The van der Waals surface area contributed by atoms with Crippen LogP contribution in [0.1, 0.15) is 30.9 Å². The van der Waals surface area contributed by atoms with Crippen molar-refractivity contribution in [1.29, 1.82) is 0 Å². The molecule has 0 saturated heterocycles. The van der Waals surface area contributed by atoms with Crippen LogP contribution in [0.4, 0.5) is 0 Å². The number of unbranched alkanes of at least 4 members (excludes halogenated alkanes) is 1. The van der Waals surface area contributed by atoms with E-state index in [9.17, 15) is 13.2 Å². The highest BCUT2D eigenvalue weighted by Gasteiger charge is 2.11. The number of hydrogen-bond donors (Lipinski definition) is 2. The smallest absolute Gasteiger partial charge is 0.235 e. The Kier molecular flexibility index (Phi) is 6.67. The summed E-state index contributed by atoms with van der Waals surface area (Å²) < 4.78 is 25.4. The Bertz CT molecular complexity index is 541. The average Bonchev–Trinajstić information content (AvgIpc) is 2.42. The van der Waals surface area contributed by atoms with Crippen LogP contribution in [0.25, 0.3) is 0 Å². The number of nitrogens with one attached hydrogen (secondary N) is 2. The number of amides is 1. The van der Waals surface area contributed by atoms with Crippen molar-refractivity contribution < 1.29 is 13.2 Å². The van der Waals surface area contributed by atoms with Crippen molar-refractivity contribution in [2.75, 3.05) is 12.3 Å². The van der Waals surface area contributed by atoms with Gasteiger partial charge in [0.1, 0.15) is 0 Å². The van der Waals surface area contributed by atoms with Crippen LogP contribution >= 0.6 is 0 Å². The molecule has 0 spiro atoms. The van der Waals surface area contributed by atoms with Gasteiger partial charge in [0.15, 0.2) is 0 Å². The minimum Gasteiger partial charge on any atom is -0.351 e. The predicted molar refractivity (Wildman–Crippen MR) is 79.7 cm³/mol. The molecule has 0 saturated carbocycles. The van der Waals surface area contributed by atoms with Gasteiger partial charge in [-0.1, -0.05) is 37.6 Å². The zero-order chi connectivity index (χ0) is 15.0. The highest BCUT2D eigenvalue weighted by molar-refractivity contribution is 7.89. The number of carbonyl (C=O) groups excluding carboxylic acids is 1. The van der Waals surface area contributed by atoms with Gasteiger partial charge in [-0.3, -0.25) is 4.79 Å². The zero-order valence-electron chi connectivity index (χ0n) is 12.0. The summed E-state index contributed by atoms with van der Waals surface area (Å²) in [5, 5.41) is 2.70. The third kappa shape index (κ3) is 6.16. The molecule has 0 radical (unpaired) electrons. The van der Waals surface area contributed by atoms with Crippen LogP contribution in [0, 0.1) is 6.92 Å². The molecule has 0 atom stereocenters. The van der Waals surface area contributed by atoms with E-state index >= 15 is 0 Å². The average molecular weight is 298 g/mol. The molecule has 0 aliphatic carbocycles. The summed E-state index contributed by atoms with van der Waals surface area (Å²) in [6.07, 6.45) is 1.40. The molecule has 0 aliphatic heterocycles. The van der Waals surface area contributed by atoms with E-state index in [1.54, 1.807) is 0 Å². The lowest BCUT2D eigenvalue weighted by molar-refractivity contribution is -0.120. The largest absolute Gasteiger partial charge is 0.351 e. The molecular formula is C14H22N2O3S. The predicted octanol–water partition coefficient (Wildman–Crippen LogP) is 1.33. The fourth-order valence-electron chi connectivity index (χ4n) is 1.65. The van der Waals surface area contributed by atoms with Gasteiger partial charge < -0.3 is 5.32 Å². The molecule has 1 rings (SSSR count). The maximum atomic E-state index is 11.6. The van der Waals surface area contributed by atoms with Crippen molar-refractivity contribution in [3.8, 4) is 0 Å². The van der Waals surface area contributed by atoms with Crippen LogP contribution in [-0.2, 0) is 21.4 Å². The van der Waals surface area contributed by atoms with Gasteiger partial charge in [0.25, 0.3) is 0 Å². The summed E-state index contributed by atoms with van der Waals surface area (Å²) in [5.74, 6) is -0.262. The Balaban J connectivity index is 2.36. The van der Waals surface area contributed by atoms with Crippen molar-refractivity contribution in [2.45, 2.75) is 33.2 Å². The molecule has 1 aromatic carbocycles. The second-order valence-electron chi connectivity index (χ2n) is 4.70. The molecule has 0 heterocycles. The summed E-state index contributed by atoms with van der Waals surface area (Å²) in [5.41, 5.74) is 2.12. The van der Waals surface area contributed by atoms with Gasteiger partial charge >= 0.3 is 0 Å². The number of benzene rings is 1. The van der Waals surface area contributed by atoms with Crippen LogP contribution in [0.15, 0.2) is 24.3 Å². The van der Waals surface area contributed by atoms with Crippen molar-refractivity contribution in [3.05, 3.63) is 35.4 Å². The molecule has 1 amide bonds. The summed E-state index contributed by atoms with van der Waals surface area (Å²) in [6, 6.07) is 7.74. The monoisotopic (exact) mass is 298 g/mol. The Labute approximate surface area is 120 Å². The molecule has 112 valence electrons. The van der Waals surface area contributed by atoms with Gasteiger partial charge in [-0.25, -0.2) is 13.1 Å². The van der Waals surface area contributed by atoms with E-state index in [1.807, 2.05) is 38.1 Å². The van der Waals surface area contributed by atoms with E-state index < -0.39 is 10.0 Å². The molecule has 6 heteroatoms. The first kappa shape index (κ1) is 16.7. The Morgan fingerprint density at radius 1 is 1.25 bits per heavy atom. The van der Waals surface area contributed by atoms with E-state index in [0.29, 0.717) is 13.0 Å². The van der Waals surface area contributed by atoms with Crippen molar-refractivity contribution in [2.24, 2.45) is 0 Å². The first-order valence-corrected chi connectivity index (χ1v) is 8.38. The van der Waals surface area contributed by atoms with E-state index in [4.69, 9.17) is 0 Å². The number of carbonyl (C=O) groups is 1. The lowest BCUT2D eigenvalue weighted by Crippen LogP contribution is -2.37. The molecular weight excluding hydrogens is 276 g/mol. The van der Waals surface area contributed by atoms with Crippen LogP contribution in [-0.4, -0.2) is 26.6 Å². The van der Waals surface area contributed by atoms with Gasteiger partial charge in [-0.15, -0.1) is 0 Å². The van der Waals surface area contributed by atoms with E-state index in [2.05, 4.69) is 10.0 Å². The second kappa shape index (κ2) is 8.01. The van der Waals surface area contributed by atoms with Gasteiger partial charge in [0.2, 0.25) is 15.9 Å². The number of sulfonamides is 1. The third-order valence-electron chi connectivity index (χ3n) is 2.96. The first-order valence-electron chi connectivity index (χ1n) is 6.73. The van der Waals surface area contributed by atoms with Crippen LogP contribution in [0.3, 0.4) is 0 Å². The molecule has 5 nitrogen and oxygen atoms in total. The molecule has 0 unspecified atom stereocenters. The fourth-order valence-corrected chi connectivity index (χ4v) is 2.81. The summed E-state index contributed by atoms with van der Waals surface area (Å²) in [7, 11) is -3.34. The van der Waals surface area contributed by atoms with Crippen LogP contribution in [0.2, 0.25) is 0 Å². The van der Waals surface area contributed by atoms with Crippen LogP contribution in [0.5, 0.6) is 0 Å². The number of aryl methyl sites for hydroxylation is 1. The standard InChI is InChI=1S/C14H22N2O3S/c1-3-4-9-20(18,19)16-11-14(17)15-10-13-8-6-5-7-12(13)2/h5-8,16H,3-4,9-11H2,1-2H3,(H,15,17). The molecule has 1 aromatic rings. The molecule has 0 fully saturated rings. The van der Waals surface area contributed by atoms with Gasteiger partial charge in [0.05, 0.1) is 12.3 Å². The van der Waals surface area contributed by atoms with Crippen molar-refractivity contribution in [3.63, 3.8) is 0 Å². The topological polar surface area (TPSA) is 75.3 Å². The quantitative estimate of drug-likeness (QED) is 0.760. The Morgan fingerprint density at radius 3 is 2.60 bits per heavy atom. The molecule has 2 N–H and O–H groups in total. The summed E-state index contributed by atoms with van der Waals surface area (Å²) >= 11 is 0. The Morgan fingerprint density at radius 2 is 1.95 bits per heavy atom. The van der Waals surface area contributed by atoms with Gasteiger partial charge in [-0.05, 0) is 24.5 Å². The molecule has 20 heavy (non-hydrogen) atoms. The highest BCUT2D eigenvalue weighted by atomic mass is 32.2. The maximum Gasteiger partial charge on any atom is 0.235 e. The minimum atomic E-state index is -3.34. The second-order valence-corrected chi connectivity index (χ2v) is 6.62. The fraction of sp³-hybridized carbons (Fsp3) is 0.500. The summed E-state index contributed by atoms with van der Waals surface area (Å²) in [4.78, 5) is 11.6.